The van der Waals surface area contributed by atoms with Crippen molar-refractivity contribution in [1.29, 1.82) is 0 Å². The Kier molecular flexibility index (Phi) is 2.90. The number of nitrogens with zero attached hydrogens (tertiary/aromatic N) is 1. The molecule has 1 aromatic rings. The van der Waals surface area contributed by atoms with Crippen molar-refractivity contribution in [3.63, 3.8) is 0 Å². The zero-order valence-corrected chi connectivity index (χ0v) is 8.69. The summed E-state index contributed by atoms with van der Waals surface area (Å²) in [4.78, 5) is 13.5. The number of rotatable bonds is 1. The normalized spacial score (nSPS) is 15.2. The van der Waals surface area contributed by atoms with E-state index in [0.717, 1.165) is 12.5 Å². The van der Waals surface area contributed by atoms with Crippen LogP contribution in [0.5, 0.6) is 5.75 Å². The van der Waals surface area contributed by atoms with Crippen LogP contribution in [0.25, 0.3) is 0 Å². The van der Waals surface area contributed by atoms with Gasteiger partial charge in [0.2, 0.25) is 0 Å². The largest absolute Gasteiger partial charge is 0.508 e. The van der Waals surface area contributed by atoms with Gasteiger partial charge in [-0.1, -0.05) is 12.2 Å². The van der Waals surface area contributed by atoms with Gasteiger partial charge in [0.1, 0.15) is 11.6 Å². The number of phenols is 1. The fourth-order valence-corrected chi connectivity index (χ4v) is 1.67. The van der Waals surface area contributed by atoms with Crippen molar-refractivity contribution in [3.05, 3.63) is 41.7 Å². The molecule has 1 aliphatic heterocycles. The number of phenolic OH excluding ortho intramolecular Hbond substituents is 1. The first kappa shape index (κ1) is 10.7. The lowest BCUT2D eigenvalue weighted by Crippen LogP contribution is -2.34. The van der Waals surface area contributed by atoms with Crippen LogP contribution in [0.4, 0.5) is 4.39 Å². The summed E-state index contributed by atoms with van der Waals surface area (Å²) in [6.07, 6.45) is 4.68. The number of carbonyl (C=O) groups is 1. The molecule has 4 heteroatoms. The van der Waals surface area contributed by atoms with Crippen LogP contribution < -0.4 is 0 Å². The predicted octanol–water partition coefficient (Wildman–Crippen LogP) is 1.93. The maximum absolute atomic E-state index is 13.4. The molecule has 3 nitrogen and oxygen atoms in total. The van der Waals surface area contributed by atoms with Gasteiger partial charge < -0.3 is 10.0 Å². The summed E-state index contributed by atoms with van der Waals surface area (Å²) in [5.41, 5.74) is 0.00750. The lowest BCUT2D eigenvalue weighted by atomic mass is 10.1. The highest BCUT2D eigenvalue weighted by Gasteiger charge is 2.19. The second-order valence-corrected chi connectivity index (χ2v) is 3.68. The lowest BCUT2D eigenvalue weighted by Gasteiger charge is -2.23. The molecule has 16 heavy (non-hydrogen) atoms. The van der Waals surface area contributed by atoms with Gasteiger partial charge in [0.05, 0.1) is 5.56 Å². The van der Waals surface area contributed by atoms with E-state index in [4.69, 9.17) is 5.11 Å². The smallest absolute Gasteiger partial charge is 0.257 e. The Hall–Kier alpha value is -1.84. The Labute approximate surface area is 92.8 Å². The molecule has 1 heterocycles. The highest BCUT2D eigenvalue weighted by molar-refractivity contribution is 5.94. The first-order valence-electron chi connectivity index (χ1n) is 5.11. The highest BCUT2D eigenvalue weighted by Crippen LogP contribution is 2.17. The number of hydrogen-bond donors (Lipinski definition) is 1. The minimum absolute atomic E-state index is 0.00750. The summed E-state index contributed by atoms with van der Waals surface area (Å²) in [7, 11) is 0. The average molecular weight is 221 g/mol. The highest BCUT2D eigenvalue weighted by atomic mass is 19.1. The van der Waals surface area contributed by atoms with Gasteiger partial charge in [-0.25, -0.2) is 4.39 Å². The molecule has 2 rings (SSSR count). The maximum Gasteiger partial charge on any atom is 0.257 e. The summed E-state index contributed by atoms with van der Waals surface area (Å²) >= 11 is 0. The molecule has 0 bridgehead atoms. The molecule has 1 aromatic carbocycles. The zero-order valence-electron chi connectivity index (χ0n) is 8.69. The molecule has 0 saturated heterocycles. The van der Waals surface area contributed by atoms with Crippen molar-refractivity contribution in [1.82, 2.24) is 4.90 Å². The van der Waals surface area contributed by atoms with Crippen LogP contribution in [0.3, 0.4) is 0 Å². The predicted molar refractivity (Wildman–Crippen MR) is 57.7 cm³/mol. The summed E-state index contributed by atoms with van der Waals surface area (Å²) in [6, 6.07) is 3.58. The number of carbonyl (C=O) groups excluding carboxylic acids is 1. The molecular weight excluding hydrogens is 209 g/mol. The second-order valence-electron chi connectivity index (χ2n) is 3.68. The third kappa shape index (κ3) is 2.05. The Morgan fingerprint density at radius 2 is 2.19 bits per heavy atom. The lowest BCUT2D eigenvalue weighted by molar-refractivity contribution is 0.0766. The summed E-state index contributed by atoms with van der Waals surface area (Å²) in [5.74, 6) is -1.19. The SMILES string of the molecule is O=C(c1ccc(O)cc1F)N1CC=CCC1. The molecule has 0 aromatic heterocycles. The quantitative estimate of drug-likeness (QED) is 0.736. The van der Waals surface area contributed by atoms with Crippen LogP contribution in [0.1, 0.15) is 16.8 Å². The summed E-state index contributed by atoms with van der Waals surface area (Å²) < 4.78 is 13.4. The molecule has 0 radical (unpaired) electrons. The molecule has 0 aliphatic carbocycles. The Morgan fingerprint density at radius 1 is 1.38 bits per heavy atom. The van der Waals surface area contributed by atoms with Gasteiger partial charge in [-0.15, -0.1) is 0 Å². The fraction of sp³-hybridized carbons (Fsp3) is 0.250. The Balaban J connectivity index is 2.23. The molecule has 1 amide bonds. The molecule has 0 unspecified atom stereocenters. The molecule has 1 N–H and O–H groups in total. The minimum atomic E-state index is -0.681. The molecule has 0 fully saturated rings. The number of benzene rings is 1. The molecular formula is C12H12FNO2. The standard InChI is InChI=1S/C12H12FNO2/c13-11-8-9(15)4-5-10(11)12(16)14-6-2-1-3-7-14/h1-2,4-5,8,15H,3,6-7H2. The molecule has 0 spiro atoms. The Bertz CT molecular complexity index is 443. The fourth-order valence-electron chi connectivity index (χ4n) is 1.67. The number of halogens is 1. The van der Waals surface area contributed by atoms with E-state index in [1.807, 2.05) is 12.2 Å². The van der Waals surface area contributed by atoms with E-state index in [0.29, 0.717) is 13.1 Å². The van der Waals surface area contributed by atoms with E-state index in [9.17, 15) is 9.18 Å². The maximum atomic E-state index is 13.4. The van der Waals surface area contributed by atoms with E-state index in [2.05, 4.69) is 0 Å². The number of aromatic hydroxyl groups is 1. The van der Waals surface area contributed by atoms with Crippen molar-refractivity contribution in [2.45, 2.75) is 6.42 Å². The first-order chi connectivity index (χ1) is 7.68. The van der Waals surface area contributed by atoms with E-state index >= 15 is 0 Å². The molecule has 0 atom stereocenters. The van der Waals surface area contributed by atoms with Gasteiger partial charge in [0.25, 0.3) is 5.91 Å². The van der Waals surface area contributed by atoms with Gasteiger partial charge in [-0.3, -0.25) is 4.79 Å². The van der Waals surface area contributed by atoms with Gasteiger partial charge >= 0.3 is 0 Å². The van der Waals surface area contributed by atoms with Gasteiger partial charge in [-0.2, -0.15) is 0 Å². The van der Waals surface area contributed by atoms with Crippen molar-refractivity contribution < 1.29 is 14.3 Å². The van der Waals surface area contributed by atoms with Crippen molar-refractivity contribution in [3.8, 4) is 5.75 Å². The third-order valence-electron chi connectivity index (χ3n) is 2.53. The number of amides is 1. The minimum Gasteiger partial charge on any atom is -0.508 e. The van der Waals surface area contributed by atoms with E-state index in [-0.39, 0.29) is 17.2 Å². The van der Waals surface area contributed by atoms with E-state index in [1.54, 1.807) is 4.90 Å². The van der Waals surface area contributed by atoms with Crippen LogP contribution in [0.2, 0.25) is 0 Å². The van der Waals surface area contributed by atoms with Crippen LogP contribution in [0.15, 0.2) is 30.4 Å². The second kappa shape index (κ2) is 4.35. The van der Waals surface area contributed by atoms with E-state index < -0.39 is 5.82 Å². The van der Waals surface area contributed by atoms with Crippen LogP contribution >= 0.6 is 0 Å². The van der Waals surface area contributed by atoms with Gasteiger partial charge in [0, 0.05) is 19.2 Å². The third-order valence-corrected chi connectivity index (χ3v) is 2.53. The molecule has 1 aliphatic rings. The Morgan fingerprint density at radius 3 is 2.81 bits per heavy atom. The van der Waals surface area contributed by atoms with Crippen LogP contribution in [0, 0.1) is 5.82 Å². The summed E-state index contributed by atoms with van der Waals surface area (Å²) in [5, 5.41) is 9.05. The van der Waals surface area contributed by atoms with E-state index in [1.165, 1.54) is 12.1 Å². The molecule has 0 saturated carbocycles. The topological polar surface area (TPSA) is 40.5 Å². The van der Waals surface area contributed by atoms with Gasteiger partial charge in [0.15, 0.2) is 0 Å². The van der Waals surface area contributed by atoms with Crippen molar-refractivity contribution in [2.24, 2.45) is 0 Å². The van der Waals surface area contributed by atoms with Crippen molar-refractivity contribution in [2.75, 3.05) is 13.1 Å². The van der Waals surface area contributed by atoms with Crippen LogP contribution in [-0.4, -0.2) is 29.0 Å². The van der Waals surface area contributed by atoms with Crippen molar-refractivity contribution >= 4 is 5.91 Å². The average Bonchev–Trinajstić information content (AvgIpc) is 2.29. The monoisotopic (exact) mass is 221 g/mol. The van der Waals surface area contributed by atoms with Crippen LogP contribution in [-0.2, 0) is 0 Å². The zero-order chi connectivity index (χ0) is 11.5. The molecule has 84 valence electrons. The van der Waals surface area contributed by atoms with Gasteiger partial charge in [-0.05, 0) is 18.6 Å². The summed E-state index contributed by atoms with van der Waals surface area (Å²) in [6.45, 7) is 1.12. The number of hydrogen-bond acceptors (Lipinski definition) is 2. The first-order valence-corrected chi connectivity index (χ1v) is 5.11.